The van der Waals surface area contributed by atoms with Crippen molar-refractivity contribution >= 4 is 25.5 Å². The minimum atomic E-state index is -1.10. The molecule has 0 spiro atoms. The molecule has 1 aromatic rings. The lowest BCUT2D eigenvalue weighted by Crippen LogP contribution is -2.53. The molecule has 7 N–H and O–H groups in total. The molecule has 2 amide bonds. The van der Waals surface area contributed by atoms with Crippen molar-refractivity contribution in [3.05, 3.63) is 35.9 Å². The number of guanidine groups is 1. The number of amides is 2. The summed E-state index contributed by atoms with van der Waals surface area (Å²) in [4.78, 5) is 26.1. The van der Waals surface area contributed by atoms with Crippen LogP contribution >= 0.6 is 0 Å². The number of benzene rings is 1. The summed E-state index contributed by atoms with van der Waals surface area (Å²) in [6.45, 7) is 0.958. The number of aryl methyl sites for hydroxylation is 1. The molecule has 2 rings (SSSR count). The topological polar surface area (TPSA) is 150 Å². The molecule has 0 aliphatic heterocycles. The van der Waals surface area contributed by atoms with Crippen LogP contribution in [0.2, 0.25) is 0 Å². The zero-order valence-corrected chi connectivity index (χ0v) is 18.0. The molecule has 1 atom stereocenters. The summed E-state index contributed by atoms with van der Waals surface area (Å²) < 4.78 is 5.23. The average Bonchev–Trinajstić information content (AvgIpc) is 3.26. The maximum Gasteiger partial charge on any atom is 0.436 e. The minimum Gasteiger partial charge on any atom is -0.430 e. The van der Waals surface area contributed by atoms with Crippen LogP contribution in [0.3, 0.4) is 0 Å². The first-order chi connectivity index (χ1) is 15.0. The molecule has 0 aromatic heterocycles. The zero-order valence-electron chi connectivity index (χ0n) is 18.0. The minimum absolute atomic E-state index is 0.127. The van der Waals surface area contributed by atoms with Gasteiger partial charge in [-0.15, -0.1) is 0 Å². The van der Waals surface area contributed by atoms with Gasteiger partial charge in [0.05, 0.1) is 0 Å². The van der Waals surface area contributed by atoms with Crippen LogP contribution in [0.1, 0.15) is 50.5 Å². The summed E-state index contributed by atoms with van der Waals surface area (Å²) in [5.74, 6) is -0.724. The second-order valence-corrected chi connectivity index (χ2v) is 7.87. The molecule has 170 valence electrons. The summed E-state index contributed by atoms with van der Waals surface area (Å²) in [6, 6.07) is 10.1. The van der Waals surface area contributed by atoms with Gasteiger partial charge in [0.25, 0.3) is 0 Å². The maximum atomic E-state index is 13.1. The highest BCUT2D eigenvalue weighted by molar-refractivity contribution is 6.16. The second kappa shape index (κ2) is 13.0. The van der Waals surface area contributed by atoms with Gasteiger partial charge in [-0.25, -0.2) is 0 Å². The molecule has 0 bridgehead atoms. The molecule has 0 saturated heterocycles. The number of nitrogens with two attached hydrogens (primary N) is 1. The highest BCUT2D eigenvalue weighted by Crippen LogP contribution is 2.38. The van der Waals surface area contributed by atoms with E-state index in [2.05, 4.69) is 28.1 Å². The van der Waals surface area contributed by atoms with Crippen molar-refractivity contribution in [2.75, 3.05) is 13.1 Å². The van der Waals surface area contributed by atoms with Gasteiger partial charge in [0.15, 0.2) is 5.96 Å². The third-order valence-corrected chi connectivity index (χ3v) is 5.62. The average molecular weight is 431 g/mol. The largest absolute Gasteiger partial charge is 0.436 e. The van der Waals surface area contributed by atoms with E-state index in [1.54, 1.807) is 0 Å². The zero-order chi connectivity index (χ0) is 22.5. The van der Waals surface area contributed by atoms with Crippen LogP contribution in [0.25, 0.3) is 0 Å². The maximum absolute atomic E-state index is 13.1. The van der Waals surface area contributed by atoms with Gasteiger partial charge >= 0.3 is 7.69 Å². The molecule has 9 nitrogen and oxygen atoms in total. The van der Waals surface area contributed by atoms with Gasteiger partial charge in [-0.05, 0) is 44.1 Å². The van der Waals surface area contributed by atoms with Gasteiger partial charge in [-0.1, -0.05) is 43.2 Å². The smallest absolute Gasteiger partial charge is 0.430 e. The first-order valence-corrected chi connectivity index (χ1v) is 10.9. The van der Waals surface area contributed by atoms with Gasteiger partial charge in [0.1, 0.15) is 11.6 Å². The molecule has 1 aliphatic carbocycles. The molecule has 0 heterocycles. The molecular formula is C21H34BN5O4. The number of hydrogen-bond donors (Lipinski definition) is 6. The Kier molecular flexibility index (Phi) is 10.3. The van der Waals surface area contributed by atoms with Gasteiger partial charge in [-0.3, -0.25) is 15.0 Å². The summed E-state index contributed by atoms with van der Waals surface area (Å²) in [5, 5.41) is 24.7. The Bertz CT molecular complexity index is 713. The number of hydrogen-bond acceptors (Lipinski definition) is 5. The second-order valence-electron chi connectivity index (χ2n) is 7.87. The van der Waals surface area contributed by atoms with Crippen molar-refractivity contribution in [1.29, 1.82) is 5.41 Å². The molecule has 1 aromatic carbocycles. The number of carbonyl (C=O) groups is 2. The van der Waals surface area contributed by atoms with Crippen molar-refractivity contribution < 1.29 is 19.3 Å². The number of rotatable bonds is 13. The highest BCUT2D eigenvalue weighted by Gasteiger charge is 2.48. The van der Waals surface area contributed by atoms with Gasteiger partial charge in [0, 0.05) is 13.1 Å². The standard InChI is InChI=1S/C21H34BN5O4/c23-20(24)26-15-7-11-17(31-22-30)27-19(29)21(12-4-5-13-21)18(28)25-14-6-10-16-8-2-1-3-9-16/h1-3,8-9,17,22,30H,4-7,10-15H2,(H,25,28)(H,27,29)(H4,23,24,26)/t17-/m1/s1. The van der Waals surface area contributed by atoms with E-state index in [1.807, 2.05) is 18.2 Å². The van der Waals surface area contributed by atoms with Crippen LogP contribution in [-0.4, -0.2) is 49.8 Å². The van der Waals surface area contributed by atoms with E-state index in [0.717, 1.165) is 25.7 Å². The highest BCUT2D eigenvalue weighted by atomic mass is 16.5. The Hall–Kier alpha value is -2.59. The van der Waals surface area contributed by atoms with Crippen molar-refractivity contribution in [1.82, 2.24) is 16.0 Å². The summed E-state index contributed by atoms with van der Waals surface area (Å²) in [5.41, 5.74) is 5.37. The van der Waals surface area contributed by atoms with E-state index in [9.17, 15) is 9.59 Å². The van der Waals surface area contributed by atoms with E-state index in [-0.39, 0.29) is 17.8 Å². The fourth-order valence-electron chi connectivity index (χ4n) is 3.93. The van der Waals surface area contributed by atoms with Crippen LogP contribution in [0.4, 0.5) is 0 Å². The van der Waals surface area contributed by atoms with E-state index in [4.69, 9.17) is 20.8 Å². The molecular weight excluding hydrogens is 397 g/mol. The van der Waals surface area contributed by atoms with Crippen LogP contribution in [0, 0.1) is 10.8 Å². The molecule has 1 aliphatic rings. The fraction of sp³-hybridized carbons (Fsp3) is 0.571. The lowest BCUT2D eigenvalue weighted by atomic mass is 9.83. The lowest BCUT2D eigenvalue weighted by Gasteiger charge is -2.29. The molecule has 1 fully saturated rings. The Morgan fingerprint density at radius 2 is 1.81 bits per heavy atom. The third-order valence-electron chi connectivity index (χ3n) is 5.62. The monoisotopic (exact) mass is 431 g/mol. The predicted octanol–water partition coefficient (Wildman–Crippen LogP) is 0.277. The van der Waals surface area contributed by atoms with Crippen LogP contribution in [0.15, 0.2) is 30.3 Å². The Balaban J connectivity index is 1.87. The van der Waals surface area contributed by atoms with Crippen LogP contribution in [0.5, 0.6) is 0 Å². The van der Waals surface area contributed by atoms with E-state index in [0.29, 0.717) is 38.8 Å². The summed E-state index contributed by atoms with van der Waals surface area (Å²) in [7, 11) is -0.538. The van der Waals surface area contributed by atoms with Crippen molar-refractivity contribution in [3.63, 3.8) is 0 Å². The van der Waals surface area contributed by atoms with Crippen molar-refractivity contribution in [3.8, 4) is 0 Å². The normalized spacial score (nSPS) is 15.6. The molecule has 0 unspecified atom stereocenters. The molecule has 0 radical (unpaired) electrons. The van der Waals surface area contributed by atoms with Gasteiger partial charge in [-0.2, -0.15) is 0 Å². The summed E-state index contributed by atoms with van der Waals surface area (Å²) in [6.07, 6.45) is 4.58. The summed E-state index contributed by atoms with van der Waals surface area (Å²) >= 11 is 0. The predicted molar refractivity (Wildman–Crippen MR) is 120 cm³/mol. The van der Waals surface area contributed by atoms with Crippen LogP contribution in [-0.2, 0) is 20.7 Å². The first-order valence-electron chi connectivity index (χ1n) is 10.9. The molecule has 10 heteroatoms. The SMILES string of the molecule is N=C(N)NCCC[C@H](NC(=O)C1(C(=O)NCCCc2ccccc2)CCCC1)OBO. The third kappa shape index (κ3) is 7.88. The van der Waals surface area contributed by atoms with E-state index >= 15 is 0 Å². The van der Waals surface area contributed by atoms with E-state index in [1.165, 1.54) is 5.56 Å². The van der Waals surface area contributed by atoms with Crippen molar-refractivity contribution in [2.45, 2.75) is 57.6 Å². The van der Waals surface area contributed by atoms with Gasteiger partial charge in [0.2, 0.25) is 11.8 Å². The quantitative estimate of drug-likeness (QED) is 0.0660. The Labute approximate surface area is 184 Å². The lowest BCUT2D eigenvalue weighted by molar-refractivity contribution is -0.145. The molecule has 31 heavy (non-hydrogen) atoms. The number of nitrogens with one attached hydrogen (secondary N) is 4. The van der Waals surface area contributed by atoms with Gasteiger partial charge < -0.3 is 31.4 Å². The number of carbonyl (C=O) groups excluding carboxylic acids is 2. The fourth-order valence-corrected chi connectivity index (χ4v) is 3.93. The Morgan fingerprint density at radius 3 is 2.45 bits per heavy atom. The molecule has 1 saturated carbocycles. The van der Waals surface area contributed by atoms with Crippen molar-refractivity contribution in [2.24, 2.45) is 11.1 Å². The Morgan fingerprint density at radius 1 is 1.13 bits per heavy atom. The van der Waals surface area contributed by atoms with E-state index < -0.39 is 19.3 Å². The first kappa shape index (κ1) is 24.7. The van der Waals surface area contributed by atoms with Crippen LogP contribution < -0.4 is 21.7 Å².